The Morgan fingerprint density at radius 3 is 2.59 bits per heavy atom. The molecule has 27 heavy (non-hydrogen) atoms. The van der Waals surface area contributed by atoms with E-state index in [4.69, 9.17) is 4.74 Å². The molecule has 3 heteroatoms. The van der Waals surface area contributed by atoms with E-state index in [2.05, 4.69) is 59.9 Å². The average Bonchev–Trinajstić information content (AvgIpc) is 3.51. The molecule has 0 unspecified atom stereocenters. The maximum Gasteiger partial charge on any atom is 0.216 e. The monoisotopic (exact) mass is 359 g/mol. The minimum absolute atomic E-state index is 0.00646. The van der Waals surface area contributed by atoms with E-state index in [0.717, 1.165) is 24.7 Å². The van der Waals surface area contributed by atoms with Gasteiger partial charge in [0.05, 0.1) is 6.61 Å². The second-order valence-corrected chi connectivity index (χ2v) is 7.37. The SMILES string of the molecule is CC(=O)NCCc1cc(-c2ccccc2)cc2ccc(OCC3CC3)cc12. The van der Waals surface area contributed by atoms with Crippen molar-refractivity contribution in [1.29, 1.82) is 0 Å². The van der Waals surface area contributed by atoms with E-state index in [1.165, 1.54) is 40.3 Å². The Morgan fingerprint density at radius 1 is 1.04 bits per heavy atom. The molecule has 1 aliphatic rings. The number of rotatable bonds is 7. The molecule has 3 aromatic carbocycles. The number of carbonyl (C=O) groups is 1. The van der Waals surface area contributed by atoms with Crippen LogP contribution in [0, 0.1) is 5.92 Å². The predicted octanol–water partition coefficient (Wildman–Crippen LogP) is 4.97. The van der Waals surface area contributed by atoms with Crippen LogP contribution in [0.4, 0.5) is 0 Å². The maximum absolute atomic E-state index is 11.3. The molecule has 3 aromatic rings. The van der Waals surface area contributed by atoms with Crippen LogP contribution in [0.15, 0.2) is 60.7 Å². The van der Waals surface area contributed by atoms with Gasteiger partial charge in [-0.05, 0) is 70.8 Å². The third kappa shape index (κ3) is 4.48. The highest BCUT2D eigenvalue weighted by molar-refractivity contribution is 5.91. The van der Waals surface area contributed by atoms with Crippen LogP contribution in [-0.4, -0.2) is 19.1 Å². The second kappa shape index (κ2) is 7.83. The maximum atomic E-state index is 11.3. The molecule has 1 saturated carbocycles. The molecule has 0 spiro atoms. The largest absolute Gasteiger partial charge is 0.493 e. The quantitative estimate of drug-likeness (QED) is 0.646. The summed E-state index contributed by atoms with van der Waals surface area (Å²) in [6.45, 7) is 3.01. The predicted molar refractivity (Wildman–Crippen MR) is 110 cm³/mol. The molecule has 0 radical (unpaired) electrons. The highest BCUT2D eigenvalue weighted by atomic mass is 16.5. The lowest BCUT2D eigenvalue weighted by atomic mass is 9.95. The summed E-state index contributed by atoms with van der Waals surface area (Å²) in [5.41, 5.74) is 3.64. The summed E-state index contributed by atoms with van der Waals surface area (Å²) in [4.78, 5) is 11.3. The van der Waals surface area contributed by atoms with Crippen LogP contribution < -0.4 is 10.1 Å². The third-order valence-corrected chi connectivity index (χ3v) is 5.07. The van der Waals surface area contributed by atoms with Crippen LogP contribution >= 0.6 is 0 Å². The van der Waals surface area contributed by atoms with Crippen molar-refractivity contribution in [1.82, 2.24) is 5.32 Å². The summed E-state index contributed by atoms with van der Waals surface area (Å²) >= 11 is 0. The van der Waals surface area contributed by atoms with Crippen molar-refractivity contribution in [3.8, 4) is 16.9 Å². The number of carbonyl (C=O) groups excluding carboxylic acids is 1. The second-order valence-electron chi connectivity index (χ2n) is 7.37. The Morgan fingerprint density at radius 2 is 1.85 bits per heavy atom. The lowest BCUT2D eigenvalue weighted by Crippen LogP contribution is -2.22. The van der Waals surface area contributed by atoms with Gasteiger partial charge in [0.2, 0.25) is 5.91 Å². The molecule has 0 aliphatic heterocycles. The zero-order chi connectivity index (χ0) is 18.6. The van der Waals surface area contributed by atoms with Crippen molar-refractivity contribution in [2.45, 2.75) is 26.2 Å². The van der Waals surface area contributed by atoms with E-state index in [0.29, 0.717) is 6.54 Å². The fourth-order valence-corrected chi connectivity index (χ4v) is 3.38. The summed E-state index contributed by atoms with van der Waals surface area (Å²) < 4.78 is 5.98. The molecule has 3 nitrogen and oxygen atoms in total. The number of hydrogen-bond acceptors (Lipinski definition) is 2. The van der Waals surface area contributed by atoms with Gasteiger partial charge in [-0.15, -0.1) is 0 Å². The Hall–Kier alpha value is -2.81. The van der Waals surface area contributed by atoms with Gasteiger partial charge in [0.1, 0.15) is 5.75 Å². The van der Waals surface area contributed by atoms with E-state index >= 15 is 0 Å². The van der Waals surface area contributed by atoms with Gasteiger partial charge in [-0.25, -0.2) is 0 Å². The van der Waals surface area contributed by atoms with Crippen molar-refractivity contribution >= 4 is 16.7 Å². The van der Waals surface area contributed by atoms with Gasteiger partial charge >= 0.3 is 0 Å². The third-order valence-electron chi connectivity index (χ3n) is 5.07. The average molecular weight is 359 g/mol. The highest BCUT2D eigenvalue weighted by Gasteiger charge is 2.22. The minimum atomic E-state index is 0.00646. The number of benzene rings is 3. The summed E-state index contributed by atoms with van der Waals surface area (Å²) in [5, 5.41) is 5.31. The Balaban J connectivity index is 1.69. The number of hydrogen-bond donors (Lipinski definition) is 1. The van der Waals surface area contributed by atoms with Crippen molar-refractivity contribution in [3.05, 3.63) is 66.2 Å². The van der Waals surface area contributed by atoms with Crippen LogP contribution in [0.25, 0.3) is 21.9 Å². The Bertz CT molecular complexity index is 945. The minimum Gasteiger partial charge on any atom is -0.493 e. The van der Waals surface area contributed by atoms with Crippen LogP contribution in [0.5, 0.6) is 5.75 Å². The molecule has 4 rings (SSSR count). The lowest BCUT2D eigenvalue weighted by molar-refractivity contribution is -0.118. The number of amides is 1. The molecule has 0 bridgehead atoms. The standard InChI is InChI=1S/C24H25NO2/c1-17(26)25-12-11-21-14-22(19-5-3-2-4-6-19)13-20-9-10-23(15-24(20)21)27-16-18-7-8-18/h2-6,9-10,13-15,18H,7-8,11-12,16H2,1H3,(H,25,26). The smallest absolute Gasteiger partial charge is 0.216 e. The molecular weight excluding hydrogens is 334 g/mol. The molecule has 0 saturated heterocycles. The lowest BCUT2D eigenvalue weighted by Gasteiger charge is -2.13. The molecule has 1 fully saturated rings. The molecule has 138 valence electrons. The van der Waals surface area contributed by atoms with Crippen LogP contribution in [0.1, 0.15) is 25.3 Å². The summed E-state index contributed by atoms with van der Waals surface area (Å²) in [6, 6.07) is 21.3. The number of ether oxygens (including phenoxy) is 1. The van der Waals surface area contributed by atoms with E-state index < -0.39 is 0 Å². The molecule has 0 heterocycles. The van der Waals surface area contributed by atoms with E-state index in [-0.39, 0.29) is 5.91 Å². The first-order chi connectivity index (χ1) is 13.2. The zero-order valence-corrected chi connectivity index (χ0v) is 15.7. The number of fused-ring (bicyclic) bond motifs is 1. The fourth-order valence-electron chi connectivity index (χ4n) is 3.38. The van der Waals surface area contributed by atoms with Gasteiger partial charge < -0.3 is 10.1 Å². The van der Waals surface area contributed by atoms with Crippen molar-refractivity contribution in [2.75, 3.05) is 13.2 Å². The molecular formula is C24H25NO2. The van der Waals surface area contributed by atoms with Gasteiger partial charge in [-0.3, -0.25) is 4.79 Å². The van der Waals surface area contributed by atoms with Gasteiger partial charge in [0.25, 0.3) is 0 Å². The van der Waals surface area contributed by atoms with Crippen LogP contribution in [0.3, 0.4) is 0 Å². The summed E-state index contributed by atoms with van der Waals surface area (Å²) in [6.07, 6.45) is 3.37. The first-order valence-electron chi connectivity index (χ1n) is 9.68. The van der Waals surface area contributed by atoms with Gasteiger partial charge in [0.15, 0.2) is 0 Å². The molecule has 1 amide bonds. The van der Waals surface area contributed by atoms with Crippen LogP contribution in [-0.2, 0) is 11.2 Å². The Labute approximate surface area is 160 Å². The van der Waals surface area contributed by atoms with Crippen LogP contribution in [0.2, 0.25) is 0 Å². The van der Waals surface area contributed by atoms with E-state index in [9.17, 15) is 4.79 Å². The van der Waals surface area contributed by atoms with Crippen molar-refractivity contribution in [3.63, 3.8) is 0 Å². The van der Waals surface area contributed by atoms with Gasteiger partial charge in [0, 0.05) is 13.5 Å². The Kier molecular flexibility index (Phi) is 5.10. The van der Waals surface area contributed by atoms with Crippen molar-refractivity contribution in [2.24, 2.45) is 5.92 Å². The highest BCUT2D eigenvalue weighted by Crippen LogP contribution is 2.33. The first-order valence-corrected chi connectivity index (χ1v) is 9.68. The van der Waals surface area contributed by atoms with Crippen molar-refractivity contribution < 1.29 is 9.53 Å². The first kappa shape index (κ1) is 17.6. The van der Waals surface area contributed by atoms with Gasteiger partial charge in [-0.1, -0.05) is 42.5 Å². The van der Waals surface area contributed by atoms with E-state index in [1.807, 2.05) is 6.07 Å². The fraction of sp³-hybridized carbons (Fsp3) is 0.292. The van der Waals surface area contributed by atoms with Gasteiger partial charge in [-0.2, -0.15) is 0 Å². The normalized spacial score (nSPS) is 13.5. The summed E-state index contributed by atoms with van der Waals surface area (Å²) in [7, 11) is 0. The topological polar surface area (TPSA) is 38.3 Å². The molecule has 1 N–H and O–H groups in total. The summed E-state index contributed by atoms with van der Waals surface area (Å²) in [5.74, 6) is 1.68. The number of nitrogens with one attached hydrogen (secondary N) is 1. The van der Waals surface area contributed by atoms with E-state index in [1.54, 1.807) is 6.92 Å². The molecule has 0 atom stereocenters. The zero-order valence-electron chi connectivity index (χ0n) is 15.7. The molecule has 0 aromatic heterocycles. The molecule has 1 aliphatic carbocycles.